The molecule has 4 rings (SSSR count). The summed E-state index contributed by atoms with van der Waals surface area (Å²) in [6.07, 6.45) is -4.65. The van der Waals surface area contributed by atoms with E-state index in [4.69, 9.17) is 0 Å². The highest BCUT2D eigenvalue weighted by molar-refractivity contribution is 6.01. The standard InChI is InChI=1S/C23H20F3N3O3/c24-23(25,26)19-7-8-20(21(14-19)29(31)32)28-11-9-27(10-12-28)15-22(30)18-6-5-16-3-1-2-4-17(16)13-18/h1-8,13-14H,9-12,15H2. The molecule has 0 aromatic heterocycles. The minimum Gasteiger partial charge on any atom is -0.363 e. The van der Waals surface area contributed by atoms with Crippen LogP contribution in [0.1, 0.15) is 15.9 Å². The number of benzene rings is 3. The van der Waals surface area contributed by atoms with Crippen LogP contribution in [0.2, 0.25) is 0 Å². The number of Topliss-reactive ketones (excluding diaryl/α,β-unsaturated/α-hetero) is 1. The van der Waals surface area contributed by atoms with Gasteiger partial charge in [-0.3, -0.25) is 19.8 Å². The number of nitrogens with zero attached hydrogens (tertiary/aromatic N) is 3. The largest absolute Gasteiger partial charge is 0.416 e. The van der Waals surface area contributed by atoms with Crippen molar-refractivity contribution in [3.05, 3.63) is 81.9 Å². The van der Waals surface area contributed by atoms with Crippen LogP contribution in [0.25, 0.3) is 10.8 Å². The summed E-state index contributed by atoms with van der Waals surface area (Å²) in [5, 5.41) is 13.4. The number of carbonyl (C=O) groups excluding carboxylic acids is 1. The van der Waals surface area contributed by atoms with E-state index in [1.54, 1.807) is 11.0 Å². The van der Waals surface area contributed by atoms with E-state index < -0.39 is 22.4 Å². The zero-order valence-electron chi connectivity index (χ0n) is 17.0. The van der Waals surface area contributed by atoms with E-state index >= 15 is 0 Å². The number of hydrogen-bond acceptors (Lipinski definition) is 5. The lowest BCUT2D eigenvalue weighted by atomic mass is 10.0. The molecule has 9 heteroatoms. The number of rotatable bonds is 5. The van der Waals surface area contributed by atoms with Crippen molar-refractivity contribution in [3.8, 4) is 0 Å². The predicted molar refractivity (Wildman–Crippen MR) is 115 cm³/mol. The smallest absolute Gasteiger partial charge is 0.363 e. The van der Waals surface area contributed by atoms with Crippen LogP contribution in [0.5, 0.6) is 0 Å². The van der Waals surface area contributed by atoms with Crippen molar-refractivity contribution in [3.63, 3.8) is 0 Å². The van der Waals surface area contributed by atoms with E-state index in [2.05, 4.69) is 0 Å². The Kier molecular flexibility index (Phi) is 5.84. The van der Waals surface area contributed by atoms with Gasteiger partial charge in [-0.25, -0.2) is 0 Å². The number of halogens is 3. The van der Waals surface area contributed by atoms with Crippen LogP contribution in [0, 0.1) is 10.1 Å². The van der Waals surface area contributed by atoms with Crippen LogP contribution in [-0.2, 0) is 6.18 Å². The summed E-state index contributed by atoms with van der Waals surface area (Å²) in [5.41, 5.74) is -0.846. The second kappa shape index (κ2) is 8.58. The van der Waals surface area contributed by atoms with Gasteiger partial charge in [0.2, 0.25) is 0 Å². The van der Waals surface area contributed by atoms with Crippen LogP contribution in [0.3, 0.4) is 0 Å². The van der Waals surface area contributed by atoms with E-state index in [9.17, 15) is 28.1 Å². The molecular formula is C23H20F3N3O3. The Balaban J connectivity index is 1.42. The van der Waals surface area contributed by atoms with Gasteiger partial charge in [0.25, 0.3) is 5.69 Å². The average Bonchev–Trinajstić information content (AvgIpc) is 2.78. The molecule has 1 saturated heterocycles. The maximum absolute atomic E-state index is 12.9. The van der Waals surface area contributed by atoms with Crippen molar-refractivity contribution in [2.75, 3.05) is 37.6 Å². The minimum atomic E-state index is -4.65. The van der Waals surface area contributed by atoms with Crippen molar-refractivity contribution in [2.45, 2.75) is 6.18 Å². The molecule has 0 aliphatic carbocycles. The summed E-state index contributed by atoms with van der Waals surface area (Å²) in [6.45, 7) is 1.89. The maximum Gasteiger partial charge on any atom is 0.416 e. The zero-order chi connectivity index (χ0) is 22.9. The van der Waals surface area contributed by atoms with Crippen molar-refractivity contribution in [1.29, 1.82) is 0 Å². The summed E-state index contributed by atoms with van der Waals surface area (Å²) in [5.74, 6) is -0.0234. The number of carbonyl (C=O) groups is 1. The van der Waals surface area contributed by atoms with Crippen LogP contribution in [0.15, 0.2) is 60.7 Å². The number of hydrogen-bond donors (Lipinski definition) is 0. The number of fused-ring (bicyclic) bond motifs is 1. The highest BCUT2D eigenvalue weighted by Gasteiger charge is 2.34. The molecule has 0 radical (unpaired) electrons. The van der Waals surface area contributed by atoms with E-state index in [1.807, 2.05) is 41.3 Å². The Hall–Kier alpha value is -3.46. The number of nitro benzene ring substituents is 1. The number of anilines is 1. The van der Waals surface area contributed by atoms with Crippen molar-refractivity contribution < 1.29 is 22.9 Å². The number of alkyl halides is 3. The molecule has 0 atom stereocenters. The third-order valence-corrected chi connectivity index (χ3v) is 5.65. The van der Waals surface area contributed by atoms with Gasteiger partial charge in [-0.2, -0.15) is 13.2 Å². The number of piperazine rings is 1. The van der Waals surface area contributed by atoms with E-state index in [1.165, 1.54) is 0 Å². The molecule has 3 aromatic carbocycles. The van der Waals surface area contributed by atoms with Gasteiger partial charge in [0.05, 0.1) is 17.0 Å². The summed E-state index contributed by atoms with van der Waals surface area (Å²) in [6, 6.07) is 15.9. The molecule has 6 nitrogen and oxygen atoms in total. The van der Waals surface area contributed by atoms with Gasteiger partial charge >= 0.3 is 6.18 Å². The quantitative estimate of drug-likeness (QED) is 0.323. The Morgan fingerprint density at radius 2 is 1.62 bits per heavy atom. The van der Waals surface area contributed by atoms with Crippen LogP contribution >= 0.6 is 0 Å². The number of ketones is 1. The second-order valence-electron chi connectivity index (χ2n) is 7.71. The van der Waals surface area contributed by atoms with E-state index in [0.29, 0.717) is 37.8 Å². The summed E-state index contributed by atoms with van der Waals surface area (Å²) >= 11 is 0. The van der Waals surface area contributed by atoms with Gasteiger partial charge in [0, 0.05) is 37.8 Å². The molecule has 0 amide bonds. The van der Waals surface area contributed by atoms with Crippen molar-refractivity contribution in [1.82, 2.24) is 4.90 Å². The van der Waals surface area contributed by atoms with Gasteiger partial charge < -0.3 is 4.90 Å². The number of nitro groups is 1. The first-order valence-electron chi connectivity index (χ1n) is 10.1. The first-order chi connectivity index (χ1) is 15.2. The molecule has 1 fully saturated rings. The van der Waals surface area contributed by atoms with Gasteiger partial charge in [0.15, 0.2) is 5.78 Å². The molecule has 0 spiro atoms. The van der Waals surface area contributed by atoms with E-state index in [-0.39, 0.29) is 18.0 Å². The van der Waals surface area contributed by atoms with Crippen molar-refractivity contribution in [2.24, 2.45) is 0 Å². The fourth-order valence-corrected chi connectivity index (χ4v) is 3.92. The molecule has 0 saturated carbocycles. The molecule has 166 valence electrons. The van der Waals surface area contributed by atoms with Crippen LogP contribution in [0.4, 0.5) is 24.5 Å². The van der Waals surface area contributed by atoms with Crippen LogP contribution < -0.4 is 4.90 Å². The fraction of sp³-hybridized carbons (Fsp3) is 0.261. The summed E-state index contributed by atoms with van der Waals surface area (Å²) in [4.78, 5) is 26.9. The molecule has 0 N–H and O–H groups in total. The SMILES string of the molecule is O=C(CN1CCN(c2ccc(C(F)(F)F)cc2[N+](=O)[O-])CC1)c1ccc2ccccc2c1. The van der Waals surface area contributed by atoms with Crippen LogP contribution in [-0.4, -0.2) is 48.3 Å². The minimum absolute atomic E-state index is 0.0234. The molecule has 3 aromatic rings. The van der Waals surface area contributed by atoms with Crippen molar-refractivity contribution >= 4 is 27.9 Å². The first-order valence-corrected chi connectivity index (χ1v) is 10.1. The topological polar surface area (TPSA) is 66.7 Å². The van der Waals surface area contributed by atoms with Gasteiger partial charge in [-0.05, 0) is 29.0 Å². The third-order valence-electron chi connectivity index (χ3n) is 5.65. The normalized spacial score (nSPS) is 15.2. The first kappa shape index (κ1) is 21.8. The Morgan fingerprint density at radius 1 is 0.938 bits per heavy atom. The molecule has 0 bridgehead atoms. The lowest BCUT2D eigenvalue weighted by Crippen LogP contribution is -2.48. The second-order valence-corrected chi connectivity index (χ2v) is 7.71. The average molecular weight is 443 g/mol. The van der Waals surface area contributed by atoms with Gasteiger partial charge in [-0.1, -0.05) is 36.4 Å². The summed E-state index contributed by atoms with van der Waals surface area (Å²) in [7, 11) is 0. The third kappa shape index (κ3) is 4.57. The zero-order valence-corrected chi connectivity index (χ0v) is 17.0. The molecule has 32 heavy (non-hydrogen) atoms. The lowest BCUT2D eigenvalue weighted by molar-refractivity contribution is -0.384. The molecule has 1 aliphatic heterocycles. The van der Waals surface area contributed by atoms with Gasteiger partial charge in [-0.15, -0.1) is 0 Å². The predicted octanol–water partition coefficient (Wildman–Crippen LogP) is 4.77. The molecular weight excluding hydrogens is 423 g/mol. The van der Waals surface area contributed by atoms with Gasteiger partial charge in [0.1, 0.15) is 5.69 Å². The highest BCUT2D eigenvalue weighted by Crippen LogP contribution is 2.36. The molecule has 1 heterocycles. The molecule has 0 unspecified atom stereocenters. The monoisotopic (exact) mass is 443 g/mol. The van der Waals surface area contributed by atoms with E-state index in [0.717, 1.165) is 22.9 Å². The summed E-state index contributed by atoms with van der Waals surface area (Å²) < 4.78 is 38.8. The molecule has 1 aliphatic rings. The highest BCUT2D eigenvalue weighted by atomic mass is 19.4. The fourth-order valence-electron chi connectivity index (χ4n) is 3.92. The Bertz CT molecular complexity index is 1170. The Labute approximate surface area is 182 Å². The lowest BCUT2D eigenvalue weighted by Gasteiger charge is -2.35. The Morgan fingerprint density at radius 3 is 2.28 bits per heavy atom. The maximum atomic E-state index is 12.9.